The lowest BCUT2D eigenvalue weighted by molar-refractivity contribution is 0.683. The van der Waals surface area contributed by atoms with E-state index in [9.17, 15) is 0 Å². The Balaban J connectivity index is 2.06. The highest BCUT2D eigenvalue weighted by atomic mass is 14.3. The van der Waals surface area contributed by atoms with Gasteiger partial charge in [0.1, 0.15) is 0 Å². The second-order valence-corrected chi connectivity index (χ2v) is 7.06. The molecule has 0 amide bonds. The first-order valence-electron chi connectivity index (χ1n) is 8.57. The lowest BCUT2D eigenvalue weighted by Gasteiger charge is -2.23. The van der Waals surface area contributed by atoms with Crippen LogP contribution in [0.1, 0.15) is 42.0 Å². The van der Waals surface area contributed by atoms with E-state index in [0.29, 0.717) is 17.8 Å². The van der Waals surface area contributed by atoms with E-state index in [1.807, 2.05) is 0 Å². The summed E-state index contributed by atoms with van der Waals surface area (Å²) >= 11 is 0. The molecule has 0 saturated heterocycles. The molecule has 0 radical (unpaired) electrons. The van der Waals surface area contributed by atoms with Crippen LogP contribution in [0.4, 0.5) is 0 Å². The van der Waals surface area contributed by atoms with E-state index in [0.717, 1.165) is 0 Å². The highest BCUT2D eigenvalue weighted by molar-refractivity contribution is 5.43. The van der Waals surface area contributed by atoms with Crippen molar-refractivity contribution >= 4 is 0 Å². The third kappa shape index (κ3) is 3.47. The number of rotatable bonds is 4. The van der Waals surface area contributed by atoms with Crippen LogP contribution in [-0.2, 0) is 0 Å². The predicted octanol–water partition coefficient (Wildman–Crippen LogP) is 6.20. The highest BCUT2D eigenvalue weighted by Gasteiger charge is 2.25. The first kappa shape index (κ1) is 15.8. The zero-order valence-electron chi connectivity index (χ0n) is 14.6. The topological polar surface area (TPSA) is 0 Å². The zero-order valence-corrected chi connectivity index (χ0v) is 14.6. The molecule has 0 fully saturated rings. The van der Waals surface area contributed by atoms with Crippen molar-refractivity contribution in [2.24, 2.45) is 11.8 Å². The Hall–Kier alpha value is -2.08. The second-order valence-electron chi connectivity index (χ2n) is 7.06. The average molecular weight is 302 g/mol. The maximum absolute atomic E-state index is 2.46. The Bertz CT molecular complexity index is 701. The summed E-state index contributed by atoms with van der Waals surface area (Å²) in [6.45, 7) is 8.90. The van der Waals surface area contributed by atoms with Crippen molar-refractivity contribution in [1.82, 2.24) is 0 Å². The molecule has 0 heteroatoms. The molecule has 118 valence electrons. The van der Waals surface area contributed by atoms with E-state index in [4.69, 9.17) is 0 Å². The van der Waals surface area contributed by atoms with Crippen molar-refractivity contribution in [3.63, 3.8) is 0 Å². The highest BCUT2D eigenvalue weighted by Crippen LogP contribution is 2.38. The molecule has 0 spiro atoms. The molecule has 1 unspecified atom stereocenters. The van der Waals surface area contributed by atoms with Crippen LogP contribution in [0.15, 0.2) is 72.3 Å². The van der Waals surface area contributed by atoms with Crippen molar-refractivity contribution in [1.29, 1.82) is 0 Å². The molecule has 2 aromatic carbocycles. The molecule has 1 aliphatic carbocycles. The number of hydrogen-bond acceptors (Lipinski definition) is 0. The van der Waals surface area contributed by atoms with Gasteiger partial charge in [-0.1, -0.05) is 91.7 Å². The fraction of sp³-hybridized carbons (Fsp3) is 0.304. The molecule has 3 rings (SSSR count). The molecule has 0 nitrogen and oxygen atoms in total. The fourth-order valence-corrected chi connectivity index (χ4v) is 3.51. The molecular weight excluding hydrogens is 276 g/mol. The minimum Gasteiger partial charge on any atom is -0.0764 e. The third-order valence-electron chi connectivity index (χ3n) is 4.75. The van der Waals surface area contributed by atoms with Crippen LogP contribution in [0.2, 0.25) is 0 Å². The van der Waals surface area contributed by atoms with Gasteiger partial charge in [0, 0.05) is 11.8 Å². The molecule has 0 aliphatic heterocycles. The molecule has 0 N–H and O–H groups in total. The Morgan fingerprint density at radius 1 is 0.826 bits per heavy atom. The fourth-order valence-electron chi connectivity index (χ4n) is 3.51. The van der Waals surface area contributed by atoms with Crippen molar-refractivity contribution in [3.05, 3.63) is 94.6 Å². The lowest BCUT2D eigenvalue weighted by atomic mass is 9.80. The molecule has 1 aliphatic rings. The largest absolute Gasteiger partial charge is 0.0764 e. The minimum atomic E-state index is 0.391. The van der Waals surface area contributed by atoms with Crippen LogP contribution in [0.3, 0.4) is 0 Å². The standard InChI is InChI=1S/C23H26/c1-16(2)19-11-12-22(15-19)23(20-9-5-7-17(3)13-20)21-10-6-8-18(4)14-21/h5-16,22-23H,1-4H3. The molecule has 23 heavy (non-hydrogen) atoms. The van der Waals surface area contributed by atoms with Gasteiger partial charge in [-0.15, -0.1) is 0 Å². The lowest BCUT2D eigenvalue weighted by Crippen LogP contribution is -2.10. The Morgan fingerprint density at radius 2 is 1.39 bits per heavy atom. The van der Waals surface area contributed by atoms with E-state index in [-0.39, 0.29) is 0 Å². The van der Waals surface area contributed by atoms with E-state index >= 15 is 0 Å². The summed E-state index contributed by atoms with van der Waals surface area (Å²) in [5.41, 5.74) is 6.93. The maximum Gasteiger partial charge on any atom is 0.0187 e. The van der Waals surface area contributed by atoms with Gasteiger partial charge >= 0.3 is 0 Å². The summed E-state index contributed by atoms with van der Waals surface area (Å²) in [5, 5.41) is 0. The van der Waals surface area contributed by atoms with Crippen LogP contribution >= 0.6 is 0 Å². The van der Waals surface area contributed by atoms with Crippen LogP contribution < -0.4 is 0 Å². The first-order valence-corrected chi connectivity index (χ1v) is 8.57. The van der Waals surface area contributed by atoms with Crippen molar-refractivity contribution in [3.8, 4) is 0 Å². The minimum absolute atomic E-state index is 0.391. The van der Waals surface area contributed by atoms with Gasteiger partial charge in [-0.3, -0.25) is 0 Å². The van der Waals surface area contributed by atoms with Gasteiger partial charge in [0.15, 0.2) is 0 Å². The third-order valence-corrected chi connectivity index (χ3v) is 4.75. The number of hydrogen-bond donors (Lipinski definition) is 0. The summed E-state index contributed by atoms with van der Waals surface area (Å²) in [5.74, 6) is 1.42. The quantitative estimate of drug-likeness (QED) is 0.630. The Kier molecular flexibility index (Phi) is 4.52. The van der Waals surface area contributed by atoms with Crippen molar-refractivity contribution in [2.45, 2.75) is 33.6 Å². The van der Waals surface area contributed by atoms with E-state index in [1.54, 1.807) is 0 Å². The number of benzene rings is 2. The van der Waals surface area contributed by atoms with Gasteiger partial charge < -0.3 is 0 Å². The maximum atomic E-state index is 2.46. The summed E-state index contributed by atoms with van der Waals surface area (Å²) < 4.78 is 0. The van der Waals surface area contributed by atoms with Crippen molar-refractivity contribution < 1.29 is 0 Å². The van der Waals surface area contributed by atoms with Gasteiger partial charge in [-0.05, 0) is 36.5 Å². The molecule has 0 bridgehead atoms. The summed E-state index contributed by atoms with van der Waals surface area (Å²) in [6.07, 6.45) is 7.15. The zero-order chi connectivity index (χ0) is 16.4. The van der Waals surface area contributed by atoms with Gasteiger partial charge in [0.2, 0.25) is 0 Å². The summed E-state index contributed by atoms with van der Waals surface area (Å²) in [6, 6.07) is 17.9. The number of aryl methyl sites for hydroxylation is 2. The smallest absolute Gasteiger partial charge is 0.0187 e. The van der Waals surface area contributed by atoms with Gasteiger partial charge in [0.05, 0.1) is 0 Å². The van der Waals surface area contributed by atoms with Crippen LogP contribution in [0.5, 0.6) is 0 Å². The van der Waals surface area contributed by atoms with E-state index in [2.05, 4.69) is 94.5 Å². The molecule has 2 aromatic rings. The first-order chi connectivity index (χ1) is 11.0. The van der Waals surface area contributed by atoms with E-state index in [1.165, 1.54) is 27.8 Å². The van der Waals surface area contributed by atoms with Crippen LogP contribution in [-0.4, -0.2) is 0 Å². The van der Waals surface area contributed by atoms with Crippen molar-refractivity contribution in [2.75, 3.05) is 0 Å². The van der Waals surface area contributed by atoms with Gasteiger partial charge in [-0.2, -0.15) is 0 Å². The van der Waals surface area contributed by atoms with Crippen LogP contribution in [0.25, 0.3) is 0 Å². The molecule has 1 atom stereocenters. The van der Waals surface area contributed by atoms with Gasteiger partial charge in [0.25, 0.3) is 0 Å². The summed E-state index contributed by atoms with van der Waals surface area (Å²) in [7, 11) is 0. The molecule has 0 aromatic heterocycles. The number of allylic oxidation sites excluding steroid dienone is 4. The monoisotopic (exact) mass is 302 g/mol. The normalized spacial score (nSPS) is 17.1. The summed E-state index contributed by atoms with van der Waals surface area (Å²) in [4.78, 5) is 0. The average Bonchev–Trinajstić information content (AvgIpc) is 2.97. The van der Waals surface area contributed by atoms with Gasteiger partial charge in [-0.25, -0.2) is 0 Å². The predicted molar refractivity (Wildman–Crippen MR) is 99.8 cm³/mol. The second kappa shape index (κ2) is 6.58. The molecule has 0 heterocycles. The molecule has 0 saturated carbocycles. The Labute approximate surface area is 140 Å². The SMILES string of the molecule is Cc1cccc(C(c2cccc(C)c2)C2C=CC(C(C)C)=C2)c1. The molecular formula is C23H26. The van der Waals surface area contributed by atoms with Crippen LogP contribution in [0, 0.1) is 25.7 Å². The van der Waals surface area contributed by atoms with E-state index < -0.39 is 0 Å². The Morgan fingerprint density at radius 3 is 1.83 bits per heavy atom.